The molecule has 1 fully saturated rings. The number of hydrogen-bond donors (Lipinski definition) is 1. The first-order valence-corrected chi connectivity index (χ1v) is 12.3. The second-order valence-corrected chi connectivity index (χ2v) is 9.02. The molecule has 2 aromatic carbocycles. The van der Waals surface area contributed by atoms with E-state index >= 15 is 0 Å². The topological polar surface area (TPSA) is 85.5 Å². The summed E-state index contributed by atoms with van der Waals surface area (Å²) in [5.41, 5.74) is 10.8. The predicted octanol–water partition coefficient (Wildman–Crippen LogP) is 4.98. The molecule has 6 nitrogen and oxygen atoms in total. The van der Waals surface area contributed by atoms with Crippen molar-refractivity contribution >= 4 is 36.7 Å². The van der Waals surface area contributed by atoms with E-state index in [2.05, 4.69) is 23.2 Å². The molecular weight excluding hydrogens is 509 g/mol. The SMILES string of the molecule is CCOC(=O)[C@H]1CN(C(=O)c2cncc(CCc3ccccc3)c2)CC[C@H]1c1cccc(CN)c1.Cl.Cl. The van der Waals surface area contributed by atoms with E-state index in [1.165, 1.54) is 5.56 Å². The van der Waals surface area contributed by atoms with Crippen LogP contribution < -0.4 is 5.73 Å². The highest BCUT2D eigenvalue weighted by molar-refractivity contribution is 5.94. The standard InChI is InChI=1S/C29H33N3O3.2ClH/c1-2-35-29(34)27-20-32(14-13-26(27)24-10-6-9-22(15-24)17-30)28(33)25-16-23(18-31-19-25)12-11-21-7-4-3-5-8-21;;/h3-10,15-16,18-19,26-27H,2,11-14,17,20,30H2,1H3;2*1H/t26-,27-;;/m0../s1. The van der Waals surface area contributed by atoms with E-state index in [1.807, 2.05) is 48.7 Å². The fraction of sp³-hybridized carbons (Fsp3) is 0.345. The number of pyridine rings is 1. The van der Waals surface area contributed by atoms with Gasteiger partial charge in [-0.1, -0.05) is 54.6 Å². The van der Waals surface area contributed by atoms with E-state index in [0.29, 0.717) is 38.2 Å². The summed E-state index contributed by atoms with van der Waals surface area (Å²) in [5.74, 6) is -0.791. The van der Waals surface area contributed by atoms with Crippen molar-refractivity contribution in [2.75, 3.05) is 19.7 Å². The van der Waals surface area contributed by atoms with Gasteiger partial charge in [0, 0.05) is 37.9 Å². The van der Waals surface area contributed by atoms with E-state index in [4.69, 9.17) is 10.5 Å². The van der Waals surface area contributed by atoms with Crippen molar-refractivity contribution in [3.63, 3.8) is 0 Å². The minimum atomic E-state index is -0.421. The van der Waals surface area contributed by atoms with Crippen LogP contribution in [0.15, 0.2) is 73.1 Å². The molecule has 8 heteroatoms. The molecule has 1 aliphatic heterocycles. The molecule has 2 heterocycles. The Morgan fingerprint density at radius 1 is 0.973 bits per heavy atom. The van der Waals surface area contributed by atoms with Crippen LogP contribution in [0, 0.1) is 5.92 Å². The molecule has 0 radical (unpaired) electrons. The van der Waals surface area contributed by atoms with Crippen molar-refractivity contribution in [3.05, 3.63) is 101 Å². The Labute approximate surface area is 231 Å². The number of benzene rings is 2. The van der Waals surface area contributed by atoms with Crippen LogP contribution in [0.1, 0.15) is 51.9 Å². The summed E-state index contributed by atoms with van der Waals surface area (Å²) in [4.78, 5) is 32.4. The number of piperidine rings is 1. The molecule has 4 rings (SSSR count). The maximum Gasteiger partial charge on any atom is 0.311 e. The zero-order valence-corrected chi connectivity index (χ0v) is 22.7. The molecule has 0 aliphatic carbocycles. The molecule has 198 valence electrons. The largest absolute Gasteiger partial charge is 0.466 e. The van der Waals surface area contributed by atoms with Gasteiger partial charge in [0.2, 0.25) is 0 Å². The molecular formula is C29H35Cl2N3O3. The van der Waals surface area contributed by atoms with E-state index in [9.17, 15) is 9.59 Å². The molecule has 1 aliphatic rings. The average molecular weight is 545 g/mol. The lowest BCUT2D eigenvalue weighted by Gasteiger charge is -2.37. The maximum absolute atomic E-state index is 13.4. The van der Waals surface area contributed by atoms with Crippen LogP contribution in [0.2, 0.25) is 0 Å². The van der Waals surface area contributed by atoms with Gasteiger partial charge in [0.15, 0.2) is 0 Å². The monoisotopic (exact) mass is 543 g/mol. The molecule has 2 N–H and O–H groups in total. The molecule has 1 aromatic heterocycles. The zero-order valence-electron chi connectivity index (χ0n) is 21.0. The summed E-state index contributed by atoms with van der Waals surface area (Å²) >= 11 is 0. The van der Waals surface area contributed by atoms with E-state index in [1.54, 1.807) is 18.0 Å². The summed E-state index contributed by atoms with van der Waals surface area (Å²) in [7, 11) is 0. The number of aromatic nitrogens is 1. The third-order valence-electron chi connectivity index (χ3n) is 6.69. The van der Waals surface area contributed by atoms with Gasteiger partial charge in [-0.15, -0.1) is 24.8 Å². The second-order valence-electron chi connectivity index (χ2n) is 9.02. The summed E-state index contributed by atoms with van der Waals surface area (Å²) in [5, 5.41) is 0. The highest BCUT2D eigenvalue weighted by Crippen LogP contribution is 2.35. The van der Waals surface area contributed by atoms with Crippen LogP contribution in [-0.2, 0) is 28.9 Å². The number of hydrogen-bond acceptors (Lipinski definition) is 5. The number of nitrogens with zero attached hydrogens (tertiary/aromatic N) is 2. The second kappa shape index (κ2) is 14.7. The number of likely N-dealkylation sites (tertiary alicyclic amines) is 1. The summed E-state index contributed by atoms with van der Waals surface area (Å²) in [6.45, 7) is 3.46. The van der Waals surface area contributed by atoms with Crippen molar-refractivity contribution in [2.24, 2.45) is 11.7 Å². The highest BCUT2D eigenvalue weighted by atomic mass is 35.5. The van der Waals surface area contributed by atoms with Crippen molar-refractivity contribution in [2.45, 2.75) is 38.6 Å². The predicted molar refractivity (Wildman–Crippen MR) is 150 cm³/mol. The minimum Gasteiger partial charge on any atom is -0.466 e. The van der Waals surface area contributed by atoms with Gasteiger partial charge in [0.05, 0.1) is 18.1 Å². The fourth-order valence-corrected chi connectivity index (χ4v) is 4.83. The van der Waals surface area contributed by atoms with E-state index < -0.39 is 5.92 Å². The Morgan fingerprint density at radius 3 is 2.43 bits per heavy atom. The molecule has 1 amide bonds. The number of ether oxygens (including phenoxy) is 1. The Morgan fingerprint density at radius 2 is 1.70 bits per heavy atom. The van der Waals surface area contributed by atoms with Gasteiger partial charge >= 0.3 is 5.97 Å². The van der Waals surface area contributed by atoms with Crippen LogP contribution in [0.25, 0.3) is 0 Å². The third kappa shape index (κ3) is 7.78. The van der Waals surface area contributed by atoms with Gasteiger partial charge in [0.1, 0.15) is 0 Å². The number of nitrogens with two attached hydrogens (primary N) is 1. The summed E-state index contributed by atoms with van der Waals surface area (Å²) in [6, 6.07) is 20.3. The molecule has 37 heavy (non-hydrogen) atoms. The summed E-state index contributed by atoms with van der Waals surface area (Å²) in [6.07, 6.45) is 5.81. The van der Waals surface area contributed by atoms with Gasteiger partial charge in [-0.3, -0.25) is 14.6 Å². The Kier molecular flexibility index (Phi) is 12.1. The number of halogens is 2. The molecule has 1 saturated heterocycles. The lowest BCUT2D eigenvalue weighted by molar-refractivity contribution is -0.150. The quantitative estimate of drug-likeness (QED) is 0.405. The smallest absolute Gasteiger partial charge is 0.311 e. The fourth-order valence-electron chi connectivity index (χ4n) is 4.83. The number of rotatable bonds is 8. The van der Waals surface area contributed by atoms with Crippen LogP contribution >= 0.6 is 24.8 Å². The van der Waals surface area contributed by atoms with E-state index in [0.717, 1.165) is 29.5 Å². The van der Waals surface area contributed by atoms with Crippen molar-refractivity contribution in [1.82, 2.24) is 9.88 Å². The lowest BCUT2D eigenvalue weighted by Crippen LogP contribution is -2.46. The van der Waals surface area contributed by atoms with Crippen LogP contribution in [0.3, 0.4) is 0 Å². The van der Waals surface area contributed by atoms with Crippen LogP contribution in [0.4, 0.5) is 0 Å². The molecule has 0 bridgehead atoms. The van der Waals surface area contributed by atoms with Gasteiger partial charge in [0.25, 0.3) is 5.91 Å². The minimum absolute atomic E-state index is 0. The Hall–Kier alpha value is -2.93. The third-order valence-corrected chi connectivity index (χ3v) is 6.69. The Balaban J connectivity index is 0.00000241. The average Bonchev–Trinajstić information content (AvgIpc) is 2.92. The van der Waals surface area contributed by atoms with Crippen LogP contribution in [0.5, 0.6) is 0 Å². The van der Waals surface area contributed by atoms with Crippen LogP contribution in [-0.4, -0.2) is 41.5 Å². The molecule has 0 spiro atoms. The first kappa shape index (κ1) is 30.3. The van der Waals surface area contributed by atoms with Gasteiger partial charge in [-0.25, -0.2) is 0 Å². The normalized spacial score (nSPS) is 16.8. The molecule has 2 atom stereocenters. The number of amides is 1. The zero-order chi connectivity index (χ0) is 24.6. The van der Waals surface area contributed by atoms with E-state index in [-0.39, 0.29) is 42.6 Å². The maximum atomic E-state index is 13.4. The first-order valence-electron chi connectivity index (χ1n) is 12.3. The lowest BCUT2D eigenvalue weighted by atomic mass is 9.79. The highest BCUT2D eigenvalue weighted by Gasteiger charge is 2.38. The van der Waals surface area contributed by atoms with Crippen molar-refractivity contribution in [1.29, 1.82) is 0 Å². The van der Waals surface area contributed by atoms with Gasteiger partial charge < -0.3 is 15.4 Å². The molecule has 0 unspecified atom stereocenters. The number of esters is 1. The number of aryl methyl sites for hydroxylation is 2. The van der Waals surface area contributed by atoms with Gasteiger partial charge in [-0.2, -0.15) is 0 Å². The van der Waals surface area contributed by atoms with Crippen molar-refractivity contribution in [3.8, 4) is 0 Å². The molecule has 3 aromatic rings. The summed E-state index contributed by atoms with van der Waals surface area (Å²) < 4.78 is 5.40. The molecule has 0 saturated carbocycles. The van der Waals surface area contributed by atoms with Gasteiger partial charge in [-0.05, 0) is 54.5 Å². The van der Waals surface area contributed by atoms with Crippen molar-refractivity contribution < 1.29 is 14.3 Å². The first-order chi connectivity index (χ1) is 17.1. The number of carbonyl (C=O) groups excluding carboxylic acids is 2. The number of carbonyl (C=O) groups is 2. The Bertz CT molecular complexity index is 1160.